The number of benzene rings is 2. The van der Waals surface area contributed by atoms with E-state index in [-0.39, 0.29) is 18.0 Å². The maximum Gasteiger partial charge on any atom is 0.407 e. The molecule has 0 fully saturated rings. The van der Waals surface area contributed by atoms with Gasteiger partial charge in [-0.15, -0.1) is 0 Å². The highest BCUT2D eigenvalue weighted by Crippen LogP contribution is 2.37. The molecule has 3 rings (SSSR count). The van der Waals surface area contributed by atoms with Gasteiger partial charge in [-0.25, -0.2) is 4.85 Å². The Labute approximate surface area is 171 Å². The van der Waals surface area contributed by atoms with E-state index in [4.69, 9.17) is 6.57 Å². The highest BCUT2D eigenvalue weighted by atomic mass is 19.4. The third-order valence-electron chi connectivity index (χ3n) is 5.01. The second-order valence-electron chi connectivity index (χ2n) is 7.22. The van der Waals surface area contributed by atoms with Crippen LogP contribution in [0.2, 0.25) is 0 Å². The minimum Gasteiger partial charge on any atom is -0.508 e. The van der Waals surface area contributed by atoms with Crippen molar-refractivity contribution in [2.45, 2.75) is 33.5 Å². The molecule has 0 aliphatic rings. The third-order valence-corrected chi connectivity index (χ3v) is 5.01. The molecule has 0 atom stereocenters. The Morgan fingerprint density at radius 2 is 1.73 bits per heavy atom. The number of halogens is 3. The minimum atomic E-state index is -4.85. The maximum atomic E-state index is 13.6. The number of hydrogen-bond acceptors (Lipinski definition) is 2. The van der Waals surface area contributed by atoms with Crippen molar-refractivity contribution in [3.63, 3.8) is 0 Å². The summed E-state index contributed by atoms with van der Waals surface area (Å²) in [5.74, 6) is -0.00384. The van der Waals surface area contributed by atoms with Gasteiger partial charge in [-0.1, -0.05) is 23.8 Å². The quantitative estimate of drug-likeness (QED) is 0.556. The molecule has 154 valence electrons. The van der Waals surface area contributed by atoms with E-state index in [1.807, 2.05) is 32.0 Å². The average Bonchev–Trinajstić information content (AvgIpc) is 2.66. The van der Waals surface area contributed by atoms with E-state index in [0.29, 0.717) is 11.1 Å². The van der Waals surface area contributed by atoms with E-state index in [0.717, 1.165) is 22.8 Å². The predicted molar refractivity (Wildman–Crippen MR) is 109 cm³/mol. The largest absolute Gasteiger partial charge is 0.508 e. The summed E-state index contributed by atoms with van der Waals surface area (Å²) in [6, 6.07) is 10.8. The molecule has 0 amide bonds. The topological polar surface area (TPSA) is 46.6 Å². The van der Waals surface area contributed by atoms with Crippen molar-refractivity contribution in [3.05, 3.63) is 92.1 Å². The smallest absolute Gasteiger partial charge is 0.407 e. The van der Waals surface area contributed by atoms with E-state index >= 15 is 0 Å². The summed E-state index contributed by atoms with van der Waals surface area (Å²) in [5.41, 5.74) is 0.284. The molecular weight excluding hydrogens is 393 g/mol. The van der Waals surface area contributed by atoms with Gasteiger partial charge in [-0.3, -0.25) is 4.79 Å². The summed E-state index contributed by atoms with van der Waals surface area (Å²) in [6.07, 6.45) is -4.85. The van der Waals surface area contributed by atoms with E-state index in [2.05, 4.69) is 4.85 Å². The fourth-order valence-corrected chi connectivity index (χ4v) is 3.36. The maximum absolute atomic E-state index is 13.6. The number of hydrogen-bond donors (Lipinski definition) is 1. The van der Waals surface area contributed by atoms with Crippen LogP contribution in [0, 0.1) is 27.3 Å². The number of phenolic OH excluding ortho intramolecular Hbond substituents is 1. The molecule has 1 aromatic heterocycles. The molecule has 0 aliphatic heterocycles. The molecule has 2 aromatic carbocycles. The minimum absolute atomic E-state index is 0.00384. The molecule has 0 aliphatic carbocycles. The Bertz CT molecular complexity index is 1230. The first-order valence-electron chi connectivity index (χ1n) is 9.11. The molecule has 7 heteroatoms. The Balaban J connectivity index is 2.34. The number of aryl methyl sites for hydroxylation is 3. The SMILES string of the molecule is [C-]#[N+]c1c(C(F)(F)F)cc(-c2ccc(O)c(C)c2)n(Cc2ccc(C)cc2C)c1=O. The number of phenols is 1. The van der Waals surface area contributed by atoms with E-state index in [9.17, 15) is 23.1 Å². The molecule has 0 bridgehead atoms. The van der Waals surface area contributed by atoms with Crippen molar-refractivity contribution in [2.75, 3.05) is 0 Å². The third kappa shape index (κ3) is 3.94. The van der Waals surface area contributed by atoms with E-state index in [1.165, 1.54) is 22.8 Å². The lowest BCUT2D eigenvalue weighted by Gasteiger charge is -2.19. The lowest BCUT2D eigenvalue weighted by atomic mass is 10.0. The zero-order chi connectivity index (χ0) is 22.2. The van der Waals surface area contributed by atoms with Crippen LogP contribution >= 0.6 is 0 Å². The molecule has 0 saturated carbocycles. The van der Waals surface area contributed by atoms with Gasteiger partial charge in [-0.2, -0.15) is 13.2 Å². The fraction of sp³-hybridized carbons (Fsp3) is 0.217. The number of aromatic nitrogens is 1. The first kappa shape index (κ1) is 21.2. The summed E-state index contributed by atoms with van der Waals surface area (Å²) in [5, 5.41) is 9.79. The van der Waals surface area contributed by atoms with Gasteiger partial charge in [-0.05, 0) is 67.3 Å². The first-order valence-corrected chi connectivity index (χ1v) is 9.11. The van der Waals surface area contributed by atoms with Crippen LogP contribution < -0.4 is 5.56 Å². The van der Waals surface area contributed by atoms with Crippen molar-refractivity contribution in [3.8, 4) is 17.0 Å². The average molecular weight is 412 g/mol. The van der Waals surface area contributed by atoms with Gasteiger partial charge >= 0.3 is 6.18 Å². The molecule has 0 saturated heterocycles. The van der Waals surface area contributed by atoms with Crippen LogP contribution in [0.25, 0.3) is 16.1 Å². The van der Waals surface area contributed by atoms with Gasteiger partial charge in [0.25, 0.3) is 11.2 Å². The molecule has 1 heterocycles. The van der Waals surface area contributed by atoms with Gasteiger partial charge in [0.15, 0.2) is 0 Å². The summed E-state index contributed by atoms with van der Waals surface area (Å²) >= 11 is 0. The zero-order valence-corrected chi connectivity index (χ0v) is 16.6. The van der Waals surface area contributed by atoms with Crippen LogP contribution in [-0.2, 0) is 12.7 Å². The highest BCUT2D eigenvalue weighted by molar-refractivity contribution is 5.67. The lowest BCUT2D eigenvalue weighted by Crippen LogP contribution is -2.25. The molecule has 30 heavy (non-hydrogen) atoms. The highest BCUT2D eigenvalue weighted by Gasteiger charge is 2.36. The summed E-state index contributed by atoms with van der Waals surface area (Å²) in [4.78, 5) is 15.9. The van der Waals surface area contributed by atoms with Crippen LogP contribution in [0.4, 0.5) is 18.9 Å². The number of pyridine rings is 1. The van der Waals surface area contributed by atoms with E-state index in [1.54, 1.807) is 6.92 Å². The molecule has 3 aromatic rings. The Morgan fingerprint density at radius 1 is 1.03 bits per heavy atom. The van der Waals surface area contributed by atoms with Gasteiger partial charge in [0.2, 0.25) is 0 Å². The number of aromatic hydroxyl groups is 1. The Morgan fingerprint density at radius 3 is 2.30 bits per heavy atom. The molecular formula is C23H19F3N2O2. The summed E-state index contributed by atoms with van der Waals surface area (Å²) in [6.45, 7) is 12.6. The van der Waals surface area contributed by atoms with Gasteiger partial charge in [0.05, 0.1) is 18.7 Å². The van der Waals surface area contributed by atoms with Crippen molar-refractivity contribution < 1.29 is 18.3 Å². The zero-order valence-electron chi connectivity index (χ0n) is 16.6. The van der Waals surface area contributed by atoms with Crippen LogP contribution in [0.1, 0.15) is 27.8 Å². The first-order chi connectivity index (χ1) is 14.0. The van der Waals surface area contributed by atoms with Crippen LogP contribution in [0.3, 0.4) is 0 Å². The molecule has 4 nitrogen and oxygen atoms in total. The normalized spacial score (nSPS) is 11.4. The molecule has 0 radical (unpaired) electrons. The second-order valence-corrected chi connectivity index (χ2v) is 7.22. The Hall–Kier alpha value is -3.53. The summed E-state index contributed by atoms with van der Waals surface area (Å²) < 4.78 is 42.0. The van der Waals surface area contributed by atoms with Gasteiger partial charge < -0.3 is 9.67 Å². The fourth-order valence-electron chi connectivity index (χ4n) is 3.36. The monoisotopic (exact) mass is 412 g/mol. The van der Waals surface area contributed by atoms with Crippen molar-refractivity contribution >= 4 is 5.69 Å². The standard InChI is InChI=1S/C23H19F3N2O2/c1-13-5-6-17(14(2)9-13)12-28-19(16-7-8-20(29)15(3)10-16)11-18(23(24,25)26)21(27-4)22(28)30/h5-11,29H,12H2,1-3H3. The van der Waals surface area contributed by atoms with E-state index < -0.39 is 23.0 Å². The van der Waals surface area contributed by atoms with Gasteiger partial charge in [0.1, 0.15) is 5.75 Å². The lowest BCUT2D eigenvalue weighted by molar-refractivity contribution is -0.136. The van der Waals surface area contributed by atoms with Crippen molar-refractivity contribution in [1.29, 1.82) is 0 Å². The van der Waals surface area contributed by atoms with Crippen molar-refractivity contribution in [2.24, 2.45) is 0 Å². The summed E-state index contributed by atoms with van der Waals surface area (Å²) in [7, 11) is 0. The molecule has 0 spiro atoms. The predicted octanol–water partition coefficient (Wildman–Crippen LogP) is 5.76. The van der Waals surface area contributed by atoms with Crippen molar-refractivity contribution in [1.82, 2.24) is 4.57 Å². The molecule has 1 N–H and O–H groups in total. The number of alkyl halides is 3. The Kier molecular flexibility index (Phi) is 5.45. The second kappa shape index (κ2) is 7.71. The number of rotatable bonds is 3. The van der Waals surface area contributed by atoms with Crippen LogP contribution in [-0.4, -0.2) is 9.67 Å². The number of nitrogens with zero attached hydrogens (tertiary/aromatic N) is 2. The van der Waals surface area contributed by atoms with Gasteiger partial charge in [0, 0.05) is 5.69 Å². The van der Waals surface area contributed by atoms with Crippen LogP contribution in [0.5, 0.6) is 5.75 Å². The van der Waals surface area contributed by atoms with Crippen LogP contribution in [0.15, 0.2) is 47.3 Å². The molecule has 0 unspecified atom stereocenters.